The van der Waals surface area contributed by atoms with Gasteiger partial charge in [0.2, 0.25) is 0 Å². The molecule has 1 N–H and O–H groups in total. The predicted octanol–water partition coefficient (Wildman–Crippen LogP) is 3.25. The van der Waals surface area contributed by atoms with E-state index in [9.17, 15) is 13.2 Å². The van der Waals surface area contributed by atoms with Crippen LogP contribution in [0.5, 0.6) is 0 Å². The molecule has 3 rings (SSSR count). The maximum Gasteiger partial charge on any atom is 0.490 e. The number of nitrogens with zero attached hydrogens (tertiary/aromatic N) is 3. The van der Waals surface area contributed by atoms with E-state index in [2.05, 4.69) is 40.6 Å². The molecule has 6 nitrogen and oxygen atoms in total. The van der Waals surface area contributed by atoms with Crippen molar-refractivity contribution in [3.8, 4) is 0 Å². The van der Waals surface area contributed by atoms with Crippen molar-refractivity contribution in [2.24, 2.45) is 7.05 Å². The molecule has 0 amide bonds. The zero-order valence-corrected chi connectivity index (χ0v) is 15.9. The number of alkyl halides is 3. The van der Waals surface area contributed by atoms with Gasteiger partial charge in [0.15, 0.2) is 0 Å². The maximum absolute atomic E-state index is 10.6. The van der Waals surface area contributed by atoms with E-state index < -0.39 is 12.1 Å². The van der Waals surface area contributed by atoms with E-state index in [-0.39, 0.29) is 0 Å². The number of aliphatic carboxylic acids is 1. The second kappa shape index (κ2) is 9.34. The van der Waals surface area contributed by atoms with Crippen molar-refractivity contribution in [3.63, 3.8) is 0 Å². The van der Waals surface area contributed by atoms with Gasteiger partial charge < -0.3 is 9.84 Å². The minimum absolute atomic E-state index is 0.437. The van der Waals surface area contributed by atoms with Crippen molar-refractivity contribution in [2.45, 2.75) is 32.1 Å². The standard InChI is InChI=1S/C15H21N3OS.C2HF3O2/c1-3-19-11-12-7-18(8-13-5-4-6-20-13)10-15-14(12)9-17(2)16-15;3-2(4,5)1(6)7/h4-6,9,12H,3,7-8,10-11H2,1-2H3;(H,6,7). The Morgan fingerprint density at radius 1 is 1.48 bits per heavy atom. The monoisotopic (exact) mass is 405 g/mol. The lowest BCUT2D eigenvalue weighted by Gasteiger charge is -2.31. The molecule has 0 saturated carbocycles. The summed E-state index contributed by atoms with van der Waals surface area (Å²) in [5, 5.41) is 13.9. The second-order valence-corrected chi connectivity index (χ2v) is 7.15. The first-order valence-electron chi connectivity index (χ1n) is 8.35. The van der Waals surface area contributed by atoms with E-state index in [0.717, 1.165) is 32.8 Å². The van der Waals surface area contributed by atoms with E-state index in [4.69, 9.17) is 14.6 Å². The molecule has 2 aromatic heterocycles. The van der Waals surface area contributed by atoms with Gasteiger partial charge in [-0.05, 0) is 18.4 Å². The van der Waals surface area contributed by atoms with Crippen molar-refractivity contribution >= 4 is 17.3 Å². The van der Waals surface area contributed by atoms with Crippen LogP contribution in [0.2, 0.25) is 0 Å². The third kappa shape index (κ3) is 6.33. The Labute approximate surface area is 159 Å². The van der Waals surface area contributed by atoms with E-state index in [0.29, 0.717) is 5.92 Å². The molecule has 0 aromatic carbocycles. The summed E-state index contributed by atoms with van der Waals surface area (Å²) in [7, 11) is 2.00. The first-order chi connectivity index (χ1) is 12.7. The number of halogens is 3. The number of aryl methyl sites for hydroxylation is 1. The van der Waals surface area contributed by atoms with E-state index in [1.54, 1.807) is 0 Å². The summed E-state index contributed by atoms with van der Waals surface area (Å²) in [5.74, 6) is -2.32. The molecule has 0 radical (unpaired) electrons. The van der Waals surface area contributed by atoms with Crippen LogP contribution in [0.25, 0.3) is 0 Å². The highest BCUT2D eigenvalue weighted by atomic mass is 32.1. The molecule has 1 unspecified atom stereocenters. The van der Waals surface area contributed by atoms with Gasteiger partial charge in [0.05, 0.1) is 12.3 Å². The molecular weight excluding hydrogens is 383 g/mol. The molecule has 0 saturated heterocycles. The van der Waals surface area contributed by atoms with Gasteiger partial charge in [-0.1, -0.05) is 6.07 Å². The summed E-state index contributed by atoms with van der Waals surface area (Å²) in [6.45, 7) is 6.62. The fraction of sp³-hybridized carbons (Fsp3) is 0.529. The van der Waals surface area contributed by atoms with Crippen LogP contribution >= 0.6 is 11.3 Å². The third-order valence-electron chi connectivity index (χ3n) is 3.95. The number of hydrogen-bond acceptors (Lipinski definition) is 5. The smallest absolute Gasteiger partial charge is 0.475 e. The highest BCUT2D eigenvalue weighted by Gasteiger charge is 2.38. The van der Waals surface area contributed by atoms with Gasteiger partial charge in [-0.2, -0.15) is 18.3 Å². The number of carboxylic acid groups (broad SMARTS) is 1. The minimum Gasteiger partial charge on any atom is -0.475 e. The van der Waals surface area contributed by atoms with Crippen molar-refractivity contribution in [1.29, 1.82) is 0 Å². The molecule has 10 heteroatoms. The van der Waals surface area contributed by atoms with Gasteiger partial charge in [0, 0.05) is 55.8 Å². The summed E-state index contributed by atoms with van der Waals surface area (Å²) < 4.78 is 39.3. The summed E-state index contributed by atoms with van der Waals surface area (Å²) >= 11 is 1.82. The zero-order valence-electron chi connectivity index (χ0n) is 15.1. The first-order valence-corrected chi connectivity index (χ1v) is 9.23. The highest BCUT2D eigenvalue weighted by molar-refractivity contribution is 7.09. The number of carboxylic acids is 1. The van der Waals surface area contributed by atoms with Gasteiger partial charge in [0.25, 0.3) is 0 Å². The van der Waals surface area contributed by atoms with Crippen molar-refractivity contribution < 1.29 is 27.8 Å². The van der Waals surface area contributed by atoms with Crippen LogP contribution in [-0.2, 0) is 29.7 Å². The Bertz CT molecular complexity index is 732. The molecule has 0 aliphatic carbocycles. The quantitative estimate of drug-likeness (QED) is 0.827. The number of aromatic nitrogens is 2. The average Bonchev–Trinajstić information content (AvgIpc) is 3.21. The number of thiophene rings is 1. The lowest BCUT2D eigenvalue weighted by atomic mass is 9.95. The van der Waals surface area contributed by atoms with E-state index in [1.165, 1.54) is 16.1 Å². The molecule has 0 spiro atoms. The van der Waals surface area contributed by atoms with Crippen LogP contribution in [0.15, 0.2) is 23.7 Å². The molecule has 27 heavy (non-hydrogen) atoms. The largest absolute Gasteiger partial charge is 0.490 e. The summed E-state index contributed by atoms with van der Waals surface area (Å²) in [6, 6.07) is 4.32. The number of carbonyl (C=O) groups is 1. The number of ether oxygens (including phenoxy) is 1. The Kier molecular flexibility index (Phi) is 7.40. The second-order valence-electron chi connectivity index (χ2n) is 6.11. The molecule has 0 fully saturated rings. The Morgan fingerprint density at radius 3 is 2.74 bits per heavy atom. The Morgan fingerprint density at radius 2 is 2.19 bits per heavy atom. The molecule has 150 valence electrons. The first kappa shape index (κ1) is 21.4. The van der Waals surface area contributed by atoms with Crippen LogP contribution in [0, 0.1) is 0 Å². The Balaban J connectivity index is 0.000000321. The van der Waals surface area contributed by atoms with Crippen LogP contribution in [-0.4, -0.2) is 51.7 Å². The third-order valence-corrected chi connectivity index (χ3v) is 4.82. The molecule has 1 atom stereocenters. The normalized spacial score (nSPS) is 17.1. The van der Waals surface area contributed by atoms with Crippen molar-refractivity contribution in [3.05, 3.63) is 39.8 Å². The number of rotatable bonds is 5. The molecule has 0 bridgehead atoms. The molecule has 2 aromatic rings. The fourth-order valence-electron chi connectivity index (χ4n) is 2.85. The lowest BCUT2D eigenvalue weighted by Crippen LogP contribution is -2.34. The van der Waals surface area contributed by atoms with Crippen LogP contribution < -0.4 is 0 Å². The van der Waals surface area contributed by atoms with Gasteiger partial charge in [-0.3, -0.25) is 9.58 Å². The molecule has 3 heterocycles. The fourth-order valence-corrected chi connectivity index (χ4v) is 3.60. The summed E-state index contributed by atoms with van der Waals surface area (Å²) in [5.41, 5.74) is 2.57. The predicted molar refractivity (Wildman–Crippen MR) is 94.6 cm³/mol. The van der Waals surface area contributed by atoms with Crippen LogP contribution in [0.1, 0.15) is 29.0 Å². The van der Waals surface area contributed by atoms with Gasteiger partial charge >= 0.3 is 12.1 Å². The van der Waals surface area contributed by atoms with E-state index in [1.807, 2.05) is 23.1 Å². The van der Waals surface area contributed by atoms with Gasteiger partial charge in [0.1, 0.15) is 0 Å². The highest BCUT2D eigenvalue weighted by Crippen LogP contribution is 2.29. The van der Waals surface area contributed by atoms with Gasteiger partial charge in [-0.15, -0.1) is 11.3 Å². The minimum atomic E-state index is -5.08. The molecular formula is C17H22F3N3O3S. The summed E-state index contributed by atoms with van der Waals surface area (Å²) in [6.07, 6.45) is -2.93. The summed E-state index contributed by atoms with van der Waals surface area (Å²) in [4.78, 5) is 12.8. The van der Waals surface area contributed by atoms with Gasteiger partial charge in [-0.25, -0.2) is 4.79 Å². The van der Waals surface area contributed by atoms with Crippen LogP contribution in [0.3, 0.4) is 0 Å². The maximum atomic E-state index is 10.6. The van der Waals surface area contributed by atoms with Crippen LogP contribution in [0.4, 0.5) is 13.2 Å². The topological polar surface area (TPSA) is 67.6 Å². The van der Waals surface area contributed by atoms with E-state index >= 15 is 0 Å². The van der Waals surface area contributed by atoms with Crippen molar-refractivity contribution in [1.82, 2.24) is 14.7 Å². The number of fused-ring (bicyclic) bond motifs is 1. The molecule has 1 aliphatic rings. The lowest BCUT2D eigenvalue weighted by molar-refractivity contribution is -0.192. The van der Waals surface area contributed by atoms with Crippen molar-refractivity contribution in [2.75, 3.05) is 19.8 Å². The number of hydrogen-bond donors (Lipinski definition) is 1. The SMILES string of the molecule is CCOCC1CN(Cc2cccs2)Cc2nn(C)cc21.O=C(O)C(F)(F)F. The Hall–Kier alpha value is -1.91. The zero-order chi connectivity index (χ0) is 20.0. The average molecular weight is 405 g/mol. The molecule has 1 aliphatic heterocycles.